The molecule has 0 heterocycles. The molecule has 0 aliphatic heterocycles. The van der Waals surface area contributed by atoms with Gasteiger partial charge in [-0.15, -0.1) is 10.2 Å². The third-order valence-electron chi connectivity index (χ3n) is 4.44. The number of nitrogens with one attached hydrogen (secondary N) is 1. The van der Waals surface area contributed by atoms with Gasteiger partial charge in [0, 0.05) is 16.1 Å². The topological polar surface area (TPSA) is 74.0 Å². The van der Waals surface area contributed by atoms with Crippen LogP contribution in [0.15, 0.2) is 89.1 Å². The molecule has 0 aliphatic rings. The number of benzene rings is 4. The second-order valence-corrected chi connectivity index (χ2v) is 7.30. The minimum atomic E-state index is -0.457. The average molecular weight is 436 g/mol. The number of hydrogen-bond donors (Lipinski definition) is 2. The number of amides is 1. The molecule has 0 unspecified atom stereocenters. The molecule has 0 saturated heterocycles. The van der Waals surface area contributed by atoms with Gasteiger partial charge < -0.3 is 10.4 Å². The number of rotatable bonds is 4. The molecule has 0 aromatic heterocycles. The number of phenolic OH excluding ortho intramolecular Hbond substituents is 1. The maximum Gasteiger partial charge on any atom is 0.259 e. The molecular weight excluding hydrogens is 421 g/mol. The van der Waals surface area contributed by atoms with E-state index in [1.807, 2.05) is 36.4 Å². The number of anilines is 1. The van der Waals surface area contributed by atoms with Crippen LogP contribution in [-0.2, 0) is 0 Å². The Labute approximate surface area is 182 Å². The van der Waals surface area contributed by atoms with E-state index < -0.39 is 5.91 Å². The van der Waals surface area contributed by atoms with E-state index in [9.17, 15) is 9.90 Å². The normalized spacial score (nSPS) is 11.1. The Morgan fingerprint density at radius 1 is 0.867 bits per heavy atom. The van der Waals surface area contributed by atoms with E-state index in [0.29, 0.717) is 26.8 Å². The smallest absolute Gasteiger partial charge is 0.259 e. The second kappa shape index (κ2) is 8.53. The van der Waals surface area contributed by atoms with Crippen molar-refractivity contribution in [2.75, 3.05) is 5.32 Å². The van der Waals surface area contributed by atoms with Crippen LogP contribution in [0, 0.1) is 0 Å². The summed E-state index contributed by atoms with van der Waals surface area (Å²) < 4.78 is 0. The third-order valence-corrected chi connectivity index (χ3v) is 4.99. The van der Waals surface area contributed by atoms with Crippen LogP contribution in [0.4, 0.5) is 17.1 Å². The number of aromatic hydroxyl groups is 1. The van der Waals surface area contributed by atoms with E-state index in [2.05, 4.69) is 15.5 Å². The first-order valence-corrected chi connectivity index (χ1v) is 9.76. The van der Waals surface area contributed by atoms with Crippen LogP contribution in [0.2, 0.25) is 10.0 Å². The SMILES string of the molecule is O=C(Nc1ccccc1)c1cc2ccccc2c(/N=N/c2cc(Cl)ccc2Cl)c1O. The molecule has 0 saturated carbocycles. The first-order valence-electron chi connectivity index (χ1n) is 9.01. The van der Waals surface area contributed by atoms with Gasteiger partial charge in [0.2, 0.25) is 0 Å². The number of para-hydroxylation sites is 1. The Bertz CT molecular complexity index is 1270. The van der Waals surface area contributed by atoms with Crippen molar-refractivity contribution in [1.82, 2.24) is 0 Å². The number of fused-ring (bicyclic) bond motifs is 1. The highest BCUT2D eigenvalue weighted by Crippen LogP contribution is 2.40. The number of carbonyl (C=O) groups is 1. The van der Waals surface area contributed by atoms with Crippen LogP contribution in [0.25, 0.3) is 10.8 Å². The van der Waals surface area contributed by atoms with E-state index >= 15 is 0 Å². The highest BCUT2D eigenvalue weighted by atomic mass is 35.5. The molecule has 4 aromatic rings. The molecule has 148 valence electrons. The van der Waals surface area contributed by atoms with Gasteiger partial charge in [-0.1, -0.05) is 65.7 Å². The molecule has 0 bridgehead atoms. The van der Waals surface area contributed by atoms with Crippen LogP contribution < -0.4 is 5.32 Å². The number of nitrogens with zero attached hydrogens (tertiary/aromatic N) is 2. The minimum absolute atomic E-state index is 0.0868. The molecule has 0 atom stereocenters. The van der Waals surface area contributed by atoms with Gasteiger partial charge in [-0.05, 0) is 41.8 Å². The second-order valence-electron chi connectivity index (χ2n) is 6.46. The third kappa shape index (κ3) is 4.13. The predicted molar refractivity (Wildman–Crippen MR) is 121 cm³/mol. The molecule has 2 N–H and O–H groups in total. The van der Waals surface area contributed by atoms with Gasteiger partial charge in [-0.2, -0.15) is 0 Å². The number of azo groups is 1. The van der Waals surface area contributed by atoms with Gasteiger partial charge in [0.15, 0.2) is 5.75 Å². The van der Waals surface area contributed by atoms with Gasteiger partial charge in [0.25, 0.3) is 5.91 Å². The average Bonchev–Trinajstić information content (AvgIpc) is 2.75. The highest BCUT2D eigenvalue weighted by Gasteiger charge is 2.18. The Hall–Kier alpha value is -3.41. The van der Waals surface area contributed by atoms with Gasteiger partial charge in [-0.25, -0.2) is 0 Å². The lowest BCUT2D eigenvalue weighted by Gasteiger charge is -2.11. The summed E-state index contributed by atoms with van der Waals surface area (Å²) in [5.74, 6) is -0.731. The maximum absolute atomic E-state index is 12.8. The summed E-state index contributed by atoms with van der Waals surface area (Å²) in [6.45, 7) is 0. The molecule has 1 amide bonds. The molecular formula is C23H15Cl2N3O2. The fourth-order valence-corrected chi connectivity index (χ4v) is 3.30. The van der Waals surface area contributed by atoms with E-state index in [0.717, 1.165) is 5.39 Å². The molecule has 0 radical (unpaired) electrons. The summed E-state index contributed by atoms with van der Waals surface area (Å²) in [4.78, 5) is 12.8. The van der Waals surface area contributed by atoms with Crippen LogP contribution in [0.3, 0.4) is 0 Å². The number of carbonyl (C=O) groups excluding carboxylic acids is 1. The summed E-state index contributed by atoms with van der Waals surface area (Å²) in [6, 6.07) is 22.7. The van der Waals surface area contributed by atoms with Crippen LogP contribution in [-0.4, -0.2) is 11.0 Å². The largest absolute Gasteiger partial charge is 0.505 e. The fraction of sp³-hybridized carbons (Fsp3) is 0. The van der Waals surface area contributed by atoms with E-state index in [-0.39, 0.29) is 17.0 Å². The van der Waals surface area contributed by atoms with Gasteiger partial charge in [0.1, 0.15) is 11.4 Å². The van der Waals surface area contributed by atoms with E-state index in [4.69, 9.17) is 23.2 Å². The van der Waals surface area contributed by atoms with E-state index in [1.165, 1.54) is 0 Å². The molecule has 0 aliphatic carbocycles. The van der Waals surface area contributed by atoms with Crippen molar-refractivity contribution < 1.29 is 9.90 Å². The Morgan fingerprint density at radius 3 is 2.40 bits per heavy atom. The first-order chi connectivity index (χ1) is 14.5. The Morgan fingerprint density at radius 2 is 1.60 bits per heavy atom. The molecule has 0 fully saturated rings. The number of phenols is 1. The summed E-state index contributed by atoms with van der Waals surface area (Å²) in [5, 5.41) is 24.2. The zero-order valence-corrected chi connectivity index (χ0v) is 17.0. The van der Waals surface area contributed by atoms with Gasteiger partial charge >= 0.3 is 0 Å². The standard InChI is InChI=1S/C23H15Cl2N3O2/c24-15-10-11-19(25)20(13-15)27-28-21-17-9-5-4-6-14(17)12-18(22(21)29)23(30)26-16-7-2-1-3-8-16/h1-13,29H,(H,26,30)/b28-27+. The summed E-state index contributed by atoms with van der Waals surface area (Å²) in [6.07, 6.45) is 0. The van der Waals surface area contributed by atoms with Crippen LogP contribution >= 0.6 is 23.2 Å². The first kappa shape index (κ1) is 19.9. The monoisotopic (exact) mass is 435 g/mol. The zero-order chi connectivity index (χ0) is 21.1. The van der Waals surface area contributed by atoms with Crippen LogP contribution in [0.1, 0.15) is 10.4 Å². The summed E-state index contributed by atoms with van der Waals surface area (Å²) >= 11 is 12.2. The maximum atomic E-state index is 12.8. The zero-order valence-electron chi connectivity index (χ0n) is 15.5. The van der Waals surface area contributed by atoms with Crippen molar-refractivity contribution in [2.45, 2.75) is 0 Å². The molecule has 5 nitrogen and oxygen atoms in total. The van der Waals surface area contributed by atoms with Gasteiger partial charge in [-0.3, -0.25) is 4.79 Å². The fourth-order valence-electron chi connectivity index (χ4n) is 2.98. The predicted octanol–water partition coefficient (Wildman–Crippen LogP) is 7.52. The lowest BCUT2D eigenvalue weighted by molar-refractivity contribution is 0.102. The molecule has 7 heteroatoms. The van der Waals surface area contributed by atoms with Crippen LogP contribution in [0.5, 0.6) is 5.75 Å². The number of halogens is 2. The minimum Gasteiger partial charge on any atom is -0.505 e. The lowest BCUT2D eigenvalue weighted by atomic mass is 10.0. The Kier molecular flexibility index (Phi) is 5.65. The molecule has 4 aromatic carbocycles. The van der Waals surface area contributed by atoms with Crippen molar-refractivity contribution in [3.05, 3.63) is 94.5 Å². The molecule has 30 heavy (non-hydrogen) atoms. The lowest BCUT2D eigenvalue weighted by Crippen LogP contribution is -2.12. The molecule has 4 rings (SSSR count). The van der Waals surface area contributed by atoms with Crippen molar-refractivity contribution in [2.24, 2.45) is 10.2 Å². The molecule has 0 spiro atoms. The highest BCUT2D eigenvalue weighted by molar-refractivity contribution is 6.35. The summed E-state index contributed by atoms with van der Waals surface area (Å²) in [7, 11) is 0. The summed E-state index contributed by atoms with van der Waals surface area (Å²) in [5.41, 5.74) is 1.22. The van der Waals surface area contributed by atoms with Crippen molar-refractivity contribution >= 4 is 56.9 Å². The quantitative estimate of drug-likeness (QED) is 0.325. The van der Waals surface area contributed by atoms with Crippen molar-refractivity contribution in [3.8, 4) is 5.75 Å². The van der Waals surface area contributed by atoms with Crippen molar-refractivity contribution in [1.29, 1.82) is 0 Å². The number of hydrogen-bond acceptors (Lipinski definition) is 4. The Balaban J connectivity index is 1.80. The van der Waals surface area contributed by atoms with Gasteiger partial charge in [0.05, 0.1) is 10.6 Å². The van der Waals surface area contributed by atoms with Crippen molar-refractivity contribution in [3.63, 3.8) is 0 Å². The van der Waals surface area contributed by atoms with E-state index in [1.54, 1.807) is 42.5 Å².